The third-order valence-corrected chi connectivity index (χ3v) is 3.44. The van der Waals surface area contributed by atoms with Gasteiger partial charge in [0.1, 0.15) is 7.11 Å². The van der Waals surface area contributed by atoms with Gasteiger partial charge in [-0.05, 0) is 42.8 Å². The molecule has 0 amide bonds. The van der Waals surface area contributed by atoms with Crippen molar-refractivity contribution < 1.29 is 4.84 Å². The zero-order valence-corrected chi connectivity index (χ0v) is 14.1. The third-order valence-electron chi connectivity index (χ3n) is 2.91. The Morgan fingerprint density at radius 1 is 1.09 bits per heavy atom. The molecule has 0 saturated carbocycles. The van der Waals surface area contributed by atoms with Crippen molar-refractivity contribution in [2.24, 2.45) is 5.16 Å². The van der Waals surface area contributed by atoms with E-state index in [0.29, 0.717) is 0 Å². The smallest absolute Gasteiger partial charge is 0.106 e. The predicted octanol–water partition coefficient (Wildman–Crippen LogP) is 4.91. The molecule has 0 fully saturated rings. The minimum absolute atomic E-state index is 0.746. The fraction of sp³-hybridized carbons (Fsp3) is 0.105. The monoisotopic (exact) mass is 353 g/mol. The number of rotatable bonds is 3. The van der Waals surface area contributed by atoms with Crippen molar-refractivity contribution >= 4 is 27.7 Å². The molecule has 0 heterocycles. The van der Waals surface area contributed by atoms with E-state index < -0.39 is 0 Å². The van der Waals surface area contributed by atoms with Crippen LogP contribution >= 0.6 is 15.9 Å². The summed E-state index contributed by atoms with van der Waals surface area (Å²) in [6.07, 6.45) is 2.00. The molecule has 2 nitrogen and oxygen atoms in total. The lowest BCUT2D eigenvalue weighted by molar-refractivity contribution is 0.213. The highest BCUT2D eigenvalue weighted by Crippen LogP contribution is 2.11. The second-order valence-corrected chi connectivity index (χ2v) is 5.50. The van der Waals surface area contributed by atoms with Crippen LogP contribution in [0.1, 0.15) is 18.1 Å². The molecule has 0 radical (unpaired) electrons. The molecule has 22 heavy (non-hydrogen) atoms. The summed E-state index contributed by atoms with van der Waals surface area (Å²) in [6, 6.07) is 17.9. The molecule has 0 unspecified atom stereocenters. The van der Waals surface area contributed by atoms with Gasteiger partial charge in [-0.1, -0.05) is 63.3 Å². The summed E-state index contributed by atoms with van der Waals surface area (Å²) >= 11 is 3.42. The van der Waals surface area contributed by atoms with Gasteiger partial charge in [-0.15, -0.1) is 0 Å². The van der Waals surface area contributed by atoms with Gasteiger partial charge in [0.25, 0.3) is 0 Å². The van der Waals surface area contributed by atoms with Crippen LogP contribution in [0.4, 0.5) is 0 Å². The van der Waals surface area contributed by atoms with E-state index in [1.165, 1.54) is 7.11 Å². The number of nitrogens with zero attached hydrogens (tertiary/aromatic N) is 1. The van der Waals surface area contributed by atoms with E-state index >= 15 is 0 Å². The minimum atomic E-state index is 0.746. The van der Waals surface area contributed by atoms with Gasteiger partial charge in [-0.2, -0.15) is 0 Å². The average molecular weight is 354 g/mol. The summed E-state index contributed by atoms with van der Waals surface area (Å²) in [4.78, 5) is 4.86. The first-order valence-electron chi connectivity index (χ1n) is 6.81. The average Bonchev–Trinajstić information content (AvgIpc) is 2.54. The van der Waals surface area contributed by atoms with Crippen LogP contribution in [0.3, 0.4) is 0 Å². The largest absolute Gasteiger partial charge is 0.399 e. The van der Waals surface area contributed by atoms with Crippen molar-refractivity contribution in [3.63, 3.8) is 0 Å². The maximum Gasteiger partial charge on any atom is 0.106 e. The Labute approximate surface area is 139 Å². The maximum atomic E-state index is 4.86. The highest BCUT2D eigenvalue weighted by Gasteiger charge is 2.00. The summed E-state index contributed by atoms with van der Waals surface area (Å²) in [5, 5.41) is 3.99. The number of hydrogen-bond acceptors (Lipinski definition) is 2. The fourth-order valence-electron chi connectivity index (χ4n) is 1.81. The lowest BCUT2D eigenvalue weighted by Crippen LogP contribution is -1.96. The molecule has 0 aliphatic rings. The Hall–Kier alpha value is -2.31. The van der Waals surface area contributed by atoms with Crippen LogP contribution < -0.4 is 0 Å². The van der Waals surface area contributed by atoms with E-state index in [2.05, 4.69) is 32.9 Å². The Kier molecular flexibility index (Phi) is 6.00. The lowest BCUT2D eigenvalue weighted by atomic mass is 10.1. The Bertz CT molecular complexity index is 734. The van der Waals surface area contributed by atoms with Gasteiger partial charge in [0, 0.05) is 10.0 Å². The molecule has 0 saturated heterocycles. The Morgan fingerprint density at radius 3 is 2.41 bits per heavy atom. The zero-order valence-electron chi connectivity index (χ0n) is 12.5. The van der Waals surface area contributed by atoms with Crippen molar-refractivity contribution in [3.8, 4) is 11.8 Å². The van der Waals surface area contributed by atoms with E-state index in [1.54, 1.807) is 0 Å². The fourth-order valence-corrected chi connectivity index (χ4v) is 2.07. The second kappa shape index (κ2) is 8.21. The minimum Gasteiger partial charge on any atom is -0.399 e. The molecule has 0 aromatic heterocycles. The summed E-state index contributed by atoms with van der Waals surface area (Å²) < 4.78 is 1.04. The highest BCUT2D eigenvalue weighted by atomic mass is 79.9. The number of benzene rings is 2. The van der Waals surface area contributed by atoms with Crippen LogP contribution in [-0.2, 0) is 4.84 Å². The van der Waals surface area contributed by atoms with Gasteiger partial charge in [-0.3, -0.25) is 0 Å². The van der Waals surface area contributed by atoms with E-state index in [4.69, 9.17) is 4.84 Å². The van der Waals surface area contributed by atoms with Crippen molar-refractivity contribution in [2.75, 3.05) is 7.11 Å². The molecule has 0 N–H and O–H groups in total. The number of allylic oxidation sites excluding steroid dienone is 1. The molecule has 2 rings (SSSR count). The molecule has 2 aromatic rings. The van der Waals surface area contributed by atoms with Gasteiger partial charge in [0.05, 0.1) is 11.3 Å². The topological polar surface area (TPSA) is 21.6 Å². The molecule has 0 aliphatic heterocycles. The van der Waals surface area contributed by atoms with E-state index in [1.807, 2.05) is 67.6 Å². The first-order chi connectivity index (χ1) is 10.7. The second-order valence-electron chi connectivity index (χ2n) is 4.58. The quantitative estimate of drug-likeness (QED) is 0.436. The SMILES string of the molecule is CO/N=C(C)\C(C#Cc1ccc(Br)cc1)=C\c1ccccc1. The molecule has 0 atom stereocenters. The first kappa shape index (κ1) is 16.1. The molecule has 110 valence electrons. The number of oxime groups is 1. The summed E-state index contributed by atoms with van der Waals surface area (Å²) in [6.45, 7) is 1.88. The normalized spacial score (nSPS) is 11.6. The Balaban J connectivity index is 2.36. The molecular formula is C19H16BrNO. The highest BCUT2D eigenvalue weighted by molar-refractivity contribution is 9.10. The zero-order chi connectivity index (χ0) is 15.8. The molecule has 0 bridgehead atoms. The molecular weight excluding hydrogens is 338 g/mol. The standard InChI is InChI=1S/C19H16BrNO/c1-15(21-22-2)18(14-17-6-4-3-5-7-17)11-8-16-9-12-19(20)13-10-16/h3-7,9-10,12-14H,1-2H3/b18-14+,21-15-. The van der Waals surface area contributed by atoms with Crippen LogP contribution in [0, 0.1) is 11.8 Å². The number of halogens is 1. The van der Waals surface area contributed by atoms with Crippen molar-refractivity contribution in [1.82, 2.24) is 0 Å². The van der Waals surface area contributed by atoms with Crippen molar-refractivity contribution in [3.05, 3.63) is 75.8 Å². The molecule has 2 aromatic carbocycles. The molecule has 3 heteroatoms. The molecule has 0 aliphatic carbocycles. The van der Waals surface area contributed by atoms with Gasteiger partial charge in [0.2, 0.25) is 0 Å². The third kappa shape index (κ3) is 4.91. The van der Waals surface area contributed by atoms with Crippen LogP contribution in [0.15, 0.2) is 69.8 Å². The van der Waals surface area contributed by atoms with Gasteiger partial charge >= 0.3 is 0 Å². The predicted molar refractivity (Wildman–Crippen MR) is 95.6 cm³/mol. The van der Waals surface area contributed by atoms with Crippen molar-refractivity contribution in [1.29, 1.82) is 0 Å². The first-order valence-corrected chi connectivity index (χ1v) is 7.61. The van der Waals surface area contributed by atoms with Gasteiger partial charge in [-0.25, -0.2) is 0 Å². The van der Waals surface area contributed by atoms with Crippen LogP contribution in [-0.4, -0.2) is 12.8 Å². The van der Waals surface area contributed by atoms with Crippen LogP contribution in [0.5, 0.6) is 0 Å². The van der Waals surface area contributed by atoms with Crippen LogP contribution in [0.25, 0.3) is 6.08 Å². The number of hydrogen-bond donors (Lipinski definition) is 0. The maximum absolute atomic E-state index is 4.86. The Morgan fingerprint density at radius 2 is 1.77 bits per heavy atom. The van der Waals surface area contributed by atoms with Gasteiger partial charge in [0.15, 0.2) is 0 Å². The lowest BCUT2D eigenvalue weighted by Gasteiger charge is -2.00. The van der Waals surface area contributed by atoms with E-state index in [9.17, 15) is 0 Å². The van der Waals surface area contributed by atoms with E-state index in [0.717, 1.165) is 26.9 Å². The van der Waals surface area contributed by atoms with Crippen LogP contribution in [0.2, 0.25) is 0 Å². The summed E-state index contributed by atoms with van der Waals surface area (Å²) in [5.74, 6) is 6.33. The van der Waals surface area contributed by atoms with E-state index in [-0.39, 0.29) is 0 Å². The summed E-state index contributed by atoms with van der Waals surface area (Å²) in [5.41, 5.74) is 3.60. The molecule has 0 spiro atoms. The van der Waals surface area contributed by atoms with Crippen molar-refractivity contribution in [2.45, 2.75) is 6.92 Å². The van der Waals surface area contributed by atoms with Gasteiger partial charge < -0.3 is 4.84 Å². The summed E-state index contributed by atoms with van der Waals surface area (Å²) in [7, 11) is 1.53.